The van der Waals surface area contributed by atoms with Gasteiger partial charge in [0.05, 0.1) is 24.8 Å². The Labute approximate surface area is 187 Å². The van der Waals surface area contributed by atoms with Crippen molar-refractivity contribution in [3.8, 4) is 28.7 Å². The van der Waals surface area contributed by atoms with Gasteiger partial charge in [0.2, 0.25) is 0 Å². The Hall–Kier alpha value is -3.82. The van der Waals surface area contributed by atoms with E-state index in [1.807, 2.05) is 60.7 Å². The molecule has 1 N–H and O–H groups in total. The molecule has 3 aromatic rings. The number of methoxy groups -OCH3 is 1. The first-order valence-corrected chi connectivity index (χ1v) is 10.3. The van der Waals surface area contributed by atoms with Crippen LogP contribution < -0.4 is 9.47 Å². The maximum absolute atomic E-state index is 11.0. The molecule has 0 saturated carbocycles. The van der Waals surface area contributed by atoms with Crippen molar-refractivity contribution in [2.45, 2.75) is 18.9 Å². The van der Waals surface area contributed by atoms with Crippen LogP contribution in [0.5, 0.6) is 11.5 Å². The van der Waals surface area contributed by atoms with Crippen molar-refractivity contribution in [2.24, 2.45) is 0 Å². The minimum absolute atomic E-state index is 0.309. The van der Waals surface area contributed by atoms with E-state index in [1.165, 1.54) is 7.11 Å². The molecule has 0 fully saturated rings. The van der Waals surface area contributed by atoms with Crippen molar-refractivity contribution >= 4 is 5.97 Å². The maximum atomic E-state index is 11.0. The van der Waals surface area contributed by atoms with E-state index in [0.717, 1.165) is 34.6 Å². The van der Waals surface area contributed by atoms with E-state index in [0.29, 0.717) is 25.2 Å². The Balaban J connectivity index is 1.39. The highest BCUT2D eigenvalue weighted by Gasteiger charge is 2.16. The van der Waals surface area contributed by atoms with Gasteiger partial charge in [-0.2, -0.15) is 5.26 Å². The van der Waals surface area contributed by atoms with Crippen molar-refractivity contribution in [3.63, 3.8) is 0 Å². The molecule has 0 bridgehead atoms. The van der Waals surface area contributed by atoms with Gasteiger partial charge < -0.3 is 19.3 Å². The SMILES string of the molecule is COC(Cc1ccc(OCCCOc2ccc(-c3ccc(C#N)cc3)cc2)cc1)C(=O)O. The predicted octanol–water partition coefficient (Wildman–Crippen LogP) is 4.72. The first-order valence-electron chi connectivity index (χ1n) is 10.3. The molecule has 0 aliphatic heterocycles. The van der Waals surface area contributed by atoms with E-state index in [2.05, 4.69) is 6.07 Å². The summed E-state index contributed by atoms with van der Waals surface area (Å²) >= 11 is 0. The van der Waals surface area contributed by atoms with Crippen LogP contribution in [-0.2, 0) is 16.0 Å². The highest BCUT2D eigenvalue weighted by molar-refractivity contribution is 5.72. The lowest BCUT2D eigenvalue weighted by molar-refractivity contribution is -0.148. The van der Waals surface area contributed by atoms with Crippen LogP contribution in [0.1, 0.15) is 17.5 Å². The predicted molar refractivity (Wildman–Crippen MR) is 121 cm³/mol. The first-order chi connectivity index (χ1) is 15.6. The topological polar surface area (TPSA) is 88.8 Å². The fourth-order valence-corrected chi connectivity index (χ4v) is 3.13. The monoisotopic (exact) mass is 431 g/mol. The van der Waals surface area contributed by atoms with Crippen LogP contribution in [0.25, 0.3) is 11.1 Å². The van der Waals surface area contributed by atoms with Crippen LogP contribution in [0.3, 0.4) is 0 Å². The van der Waals surface area contributed by atoms with Crippen molar-refractivity contribution in [1.29, 1.82) is 5.26 Å². The van der Waals surface area contributed by atoms with Crippen LogP contribution >= 0.6 is 0 Å². The number of nitriles is 1. The lowest BCUT2D eigenvalue weighted by Gasteiger charge is -2.11. The summed E-state index contributed by atoms with van der Waals surface area (Å²) in [5, 5.41) is 17.9. The average Bonchev–Trinajstić information content (AvgIpc) is 2.83. The smallest absolute Gasteiger partial charge is 0.333 e. The van der Waals surface area contributed by atoms with Crippen LogP contribution in [-0.4, -0.2) is 37.5 Å². The zero-order valence-corrected chi connectivity index (χ0v) is 17.9. The molecule has 0 amide bonds. The molecule has 32 heavy (non-hydrogen) atoms. The molecule has 6 nitrogen and oxygen atoms in total. The number of nitrogens with zero attached hydrogens (tertiary/aromatic N) is 1. The third kappa shape index (κ3) is 6.59. The summed E-state index contributed by atoms with van der Waals surface area (Å²) in [5.74, 6) is 0.541. The third-order valence-electron chi connectivity index (χ3n) is 4.93. The molecular formula is C26H25NO5. The third-order valence-corrected chi connectivity index (χ3v) is 4.93. The largest absolute Gasteiger partial charge is 0.493 e. The molecule has 0 aliphatic rings. The number of benzene rings is 3. The van der Waals surface area contributed by atoms with E-state index in [1.54, 1.807) is 12.1 Å². The van der Waals surface area contributed by atoms with E-state index in [4.69, 9.17) is 24.6 Å². The molecule has 0 spiro atoms. The van der Waals surface area contributed by atoms with Gasteiger partial charge in [-0.15, -0.1) is 0 Å². The number of hydrogen-bond donors (Lipinski definition) is 1. The number of carbonyl (C=O) groups is 1. The van der Waals surface area contributed by atoms with Crippen molar-refractivity contribution in [1.82, 2.24) is 0 Å². The van der Waals surface area contributed by atoms with Gasteiger partial charge >= 0.3 is 5.97 Å². The Morgan fingerprint density at radius 1 is 0.875 bits per heavy atom. The maximum Gasteiger partial charge on any atom is 0.333 e. The van der Waals surface area contributed by atoms with Crippen molar-refractivity contribution in [3.05, 3.63) is 83.9 Å². The van der Waals surface area contributed by atoms with Gasteiger partial charge in [0, 0.05) is 20.0 Å². The molecule has 164 valence electrons. The first kappa shape index (κ1) is 22.9. The molecule has 3 rings (SSSR count). The van der Waals surface area contributed by atoms with E-state index >= 15 is 0 Å². The van der Waals surface area contributed by atoms with Crippen LogP contribution in [0.2, 0.25) is 0 Å². The highest BCUT2D eigenvalue weighted by atomic mass is 16.5. The fraction of sp³-hybridized carbons (Fsp3) is 0.231. The van der Waals surface area contributed by atoms with Crippen LogP contribution in [0.4, 0.5) is 0 Å². The second-order valence-corrected chi connectivity index (χ2v) is 7.17. The van der Waals surface area contributed by atoms with E-state index in [-0.39, 0.29) is 0 Å². The zero-order chi connectivity index (χ0) is 22.8. The molecule has 3 aromatic carbocycles. The quantitative estimate of drug-likeness (QED) is 0.442. The van der Waals surface area contributed by atoms with Crippen LogP contribution in [0, 0.1) is 11.3 Å². The lowest BCUT2D eigenvalue weighted by Crippen LogP contribution is -2.24. The Bertz CT molecular complexity index is 1040. The summed E-state index contributed by atoms with van der Waals surface area (Å²) in [7, 11) is 1.39. The molecule has 0 aliphatic carbocycles. The normalized spacial score (nSPS) is 11.4. The van der Waals surface area contributed by atoms with Gasteiger partial charge in [-0.05, 0) is 53.1 Å². The average molecular weight is 431 g/mol. The number of rotatable bonds is 11. The Kier molecular flexibility index (Phi) is 8.24. The Morgan fingerprint density at radius 2 is 1.38 bits per heavy atom. The number of carboxylic acid groups (broad SMARTS) is 1. The molecule has 1 atom stereocenters. The summed E-state index contributed by atoms with van der Waals surface area (Å²) < 4.78 is 16.5. The number of hydrogen-bond acceptors (Lipinski definition) is 5. The zero-order valence-electron chi connectivity index (χ0n) is 17.9. The van der Waals surface area contributed by atoms with Gasteiger partial charge in [0.15, 0.2) is 6.10 Å². The minimum Gasteiger partial charge on any atom is -0.493 e. The van der Waals surface area contributed by atoms with Gasteiger partial charge in [0.25, 0.3) is 0 Å². The number of aliphatic carboxylic acids is 1. The second kappa shape index (κ2) is 11.5. The molecular weight excluding hydrogens is 406 g/mol. The summed E-state index contributed by atoms with van der Waals surface area (Å²) in [4.78, 5) is 11.0. The van der Waals surface area contributed by atoms with Crippen molar-refractivity contribution in [2.75, 3.05) is 20.3 Å². The summed E-state index contributed by atoms with van der Waals surface area (Å²) in [6, 6.07) is 24.8. The molecule has 0 saturated heterocycles. The van der Waals surface area contributed by atoms with Gasteiger partial charge in [0.1, 0.15) is 11.5 Å². The van der Waals surface area contributed by atoms with E-state index in [9.17, 15) is 4.79 Å². The molecule has 0 radical (unpaired) electrons. The highest BCUT2D eigenvalue weighted by Crippen LogP contribution is 2.23. The summed E-state index contributed by atoms with van der Waals surface area (Å²) in [6.45, 7) is 1.04. The number of ether oxygens (including phenoxy) is 3. The summed E-state index contributed by atoms with van der Waals surface area (Å²) in [6.07, 6.45) is 0.186. The van der Waals surface area contributed by atoms with Crippen LogP contribution in [0.15, 0.2) is 72.8 Å². The lowest BCUT2D eigenvalue weighted by atomic mass is 10.0. The summed E-state index contributed by atoms with van der Waals surface area (Å²) in [5.41, 5.74) is 3.63. The molecule has 0 heterocycles. The minimum atomic E-state index is -0.975. The fourth-order valence-electron chi connectivity index (χ4n) is 3.13. The molecule has 6 heteroatoms. The van der Waals surface area contributed by atoms with Gasteiger partial charge in [-0.3, -0.25) is 0 Å². The second-order valence-electron chi connectivity index (χ2n) is 7.17. The van der Waals surface area contributed by atoms with E-state index < -0.39 is 12.1 Å². The Morgan fingerprint density at radius 3 is 1.84 bits per heavy atom. The standard InChI is InChI=1S/C26H25NO5/c1-30-25(26(28)29)17-19-5-11-23(12-6-19)31-15-2-16-32-24-13-9-22(10-14-24)21-7-3-20(18-27)4-8-21/h3-14,25H,2,15-17H2,1H3,(H,28,29). The number of carboxylic acids is 1. The van der Waals surface area contributed by atoms with Crippen molar-refractivity contribution < 1.29 is 24.1 Å². The van der Waals surface area contributed by atoms with Gasteiger partial charge in [-0.1, -0.05) is 36.4 Å². The molecule has 1 unspecified atom stereocenters. The van der Waals surface area contributed by atoms with Gasteiger partial charge in [-0.25, -0.2) is 4.79 Å². The molecule has 0 aromatic heterocycles.